The molecule has 5 aliphatic heterocycles. The van der Waals surface area contributed by atoms with Crippen molar-refractivity contribution in [1.82, 2.24) is 0 Å². The van der Waals surface area contributed by atoms with Gasteiger partial charge in [0.25, 0.3) is 11.4 Å². The van der Waals surface area contributed by atoms with E-state index in [1.54, 1.807) is 0 Å². The zero-order valence-corrected chi connectivity index (χ0v) is 31.2. The summed E-state index contributed by atoms with van der Waals surface area (Å²) < 4.78 is 0. The number of amidine groups is 2. The first-order valence-electron chi connectivity index (χ1n) is 19.4. The van der Waals surface area contributed by atoms with Gasteiger partial charge in [0, 0.05) is 33.4 Å². The molecule has 0 aliphatic carbocycles. The molecule has 5 aliphatic rings. The number of aliphatic imine (C=N–C) groups is 4. The molecule has 0 N–H and O–H groups in total. The highest BCUT2D eigenvalue weighted by atomic mass is 17.2. The molecule has 0 fully saturated rings. The van der Waals surface area contributed by atoms with Crippen LogP contribution >= 0.6 is 0 Å². The average molecular weight is 747 g/mol. The first-order valence-corrected chi connectivity index (χ1v) is 19.4. The molecule has 274 valence electrons. The predicted molar refractivity (Wildman–Crippen MR) is 232 cm³/mol. The van der Waals surface area contributed by atoms with Crippen molar-refractivity contribution in [2.45, 2.75) is 11.4 Å². The number of nitrogens with zero attached hydrogens (tertiary/aromatic N) is 4. The largest absolute Gasteiger partial charge is 0.263 e. The first kappa shape index (κ1) is 33.9. The van der Waals surface area contributed by atoms with E-state index >= 15 is 0 Å². The van der Waals surface area contributed by atoms with Crippen LogP contribution in [0.2, 0.25) is 0 Å². The summed E-state index contributed by atoms with van der Waals surface area (Å²) in [5.74, 6) is 1.04. The number of hydrogen-bond donors (Lipinski definition) is 0. The Kier molecular flexibility index (Phi) is 8.00. The van der Waals surface area contributed by atoms with Crippen molar-refractivity contribution in [1.29, 1.82) is 0 Å². The Bertz CT molecular complexity index is 2760. The fraction of sp³-hybridized carbons (Fsp3) is 0.0385. The molecule has 8 aromatic rings. The predicted octanol–water partition coefficient (Wildman–Crippen LogP) is 11.3. The van der Waals surface area contributed by atoms with Crippen molar-refractivity contribution < 1.29 is 9.78 Å². The van der Waals surface area contributed by atoms with E-state index in [0.717, 1.165) is 61.0 Å². The third-order valence-electron chi connectivity index (χ3n) is 11.1. The zero-order chi connectivity index (χ0) is 38.5. The van der Waals surface area contributed by atoms with E-state index in [2.05, 4.69) is 84.9 Å². The fourth-order valence-electron chi connectivity index (χ4n) is 8.27. The summed E-state index contributed by atoms with van der Waals surface area (Å²) in [5, 5.41) is 2.35. The Hall–Kier alpha value is -7.38. The van der Waals surface area contributed by atoms with Gasteiger partial charge in [-0.3, -0.25) is 0 Å². The Morgan fingerprint density at radius 2 is 0.672 bits per heavy atom. The summed E-state index contributed by atoms with van der Waals surface area (Å²) in [4.78, 5) is 35.5. The fourth-order valence-corrected chi connectivity index (χ4v) is 8.27. The molecule has 0 radical (unpaired) electrons. The summed E-state index contributed by atoms with van der Waals surface area (Å²) in [5.41, 5.74) is 7.45. The lowest BCUT2D eigenvalue weighted by atomic mass is 9.91. The van der Waals surface area contributed by atoms with Crippen LogP contribution in [0.25, 0.3) is 33.0 Å². The first-order chi connectivity index (χ1) is 28.7. The van der Waals surface area contributed by atoms with E-state index in [1.165, 1.54) is 5.39 Å². The van der Waals surface area contributed by atoms with Gasteiger partial charge in [0.2, 0.25) is 0 Å². The number of fused-ring (bicyclic) bond motifs is 2. The van der Waals surface area contributed by atoms with E-state index in [1.807, 2.05) is 121 Å². The third-order valence-corrected chi connectivity index (χ3v) is 11.1. The van der Waals surface area contributed by atoms with Crippen LogP contribution in [0, 0.1) is 0 Å². The van der Waals surface area contributed by atoms with E-state index in [4.69, 9.17) is 29.7 Å². The minimum atomic E-state index is -1.53. The molecule has 58 heavy (non-hydrogen) atoms. The standard InChI is InChI=1S/C52H34N4O2/c1-5-15-38(16-6-1)47-51(42-21-9-3-10-22-42)55-49(53-47)40-31-27-35(28-32-40)44-25-13-19-37-20-14-26-45(46(37)44)36-29-33-41(34-30-36)50-54-48(39-17-7-2-8-18-39)52(56-50,58-57-51)43-23-11-4-12-24-43/h1-34H. The van der Waals surface area contributed by atoms with Gasteiger partial charge < -0.3 is 0 Å². The van der Waals surface area contributed by atoms with Crippen LogP contribution in [0.4, 0.5) is 0 Å². The Morgan fingerprint density at radius 3 is 1.07 bits per heavy atom. The molecule has 5 heterocycles. The highest BCUT2D eigenvalue weighted by Crippen LogP contribution is 2.44. The van der Waals surface area contributed by atoms with Gasteiger partial charge in [-0.2, -0.15) is 9.78 Å². The highest BCUT2D eigenvalue weighted by molar-refractivity contribution is 6.21. The quantitative estimate of drug-likeness (QED) is 0.168. The maximum atomic E-state index is 7.02. The van der Waals surface area contributed by atoms with E-state index < -0.39 is 11.4 Å². The highest BCUT2D eigenvalue weighted by Gasteiger charge is 2.52. The zero-order valence-electron chi connectivity index (χ0n) is 31.2. The molecule has 0 aromatic heterocycles. The maximum Gasteiger partial charge on any atom is 0.263 e. The van der Waals surface area contributed by atoms with E-state index in [-0.39, 0.29) is 0 Å². The lowest BCUT2D eigenvalue weighted by molar-refractivity contribution is -0.387. The van der Waals surface area contributed by atoms with Gasteiger partial charge >= 0.3 is 0 Å². The smallest absolute Gasteiger partial charge is 0.227 e. The second-order valence-electron chi connectivity index (χ2n) is 14.6. The van der Waals surface area contributed by atoms with Crippen LogP contribution in [0.5, 0.6) is 0 Å². The van der Waals surface area contributed by atoms with E-state index in [9.17, 15) is 0 Å². The molecule has 0 spiro atoms. The van der Waals surface area contributed by atoms with Crippen molar-refractivity contribution in [2.24, 2.45) is 20.0 Å². The Balaban J connectivity index is 1.21. The summed E-state index contributed by atoms with van der Waals surface area (Å²) >= 11 is 0. The minimum Gasteiger partial charge on any atom is -0.227 e. The molecular weight excluding hydrogens is 713 g/mol. The molecule has 6 heteroatoms. The normalized spacial score (nSPS) is 19.4. The molecule has 0 saturated heterocycles. The monoisotopic (exact) mass is 746 g/mol. The lowest BCUT2D eigenvalue weighted by Crippen LogP contribution is -2.42. The molecule has 2 unspecified atom stereocenters. The van der Waals surface area contributed by atoms with Crippen LogP contribution in [-0.4, -0.2) is 23.1 Å². The summed E-state index contributed by atoms with van der Waals surface area (Å²) in [6.45, 7) is 0. The molecule has 8 bridgehead atoms. The van der Waals surface area contributed by atoms with Crippen LogP contribution in [0.1, 0.15) is 33.4 Å². The van der Waals surface area contributed by atoms with Gasteiger partial charge in [-0.05, 0) is 33.0 Å². The molecule has 0 amide bonds. The number of hydrogen-bond acceptors (Lipinski definition) is 6. The summed E-state index contributed by atoms with van der Waals surface area (Å²) in [7, 11) is 0. The van der Waals surface area contributed by atoms with Crippen LogP contribution in [0.15, 0.2) is 226 Å². The third kappa shape index (κ3) is 5.50. The van der Waals surface area contributed by atoms with Gasteiger partial charge in [0.15, 0.2) is 11.7 Å². The molecule has 2 atom stereocenters. The summed E-state index contributed by atoms with van der Waals surface area (Å²) in [6.07, 6.45) is 0. The van der Waals surface area contributed by atoms with Crippen molar-refractivity contribution in [3.8, 4) is 22.3 Å². The van der Waals surface area contributed by atoms with Gasteiger partial charge in [-0.1, -0.05) is 206 Å². The van der Waals surface area contributed by atoms with Crippen molar-refractivity contribution in [2.75, 3.05) is 0 Å². The molecular formula is C52H34N4O2. The van der Waals surface area contributed by atoms with E-state index in [0.29, 0.717) is 23.1 Å². The maximum absolute atomic E-state index is 7.02. The lowest BCUT2D eigenvalue weighted by Gasteiger charge is -2.33. The molecule has 6 nitrogen and oxygen atoms in total. The SMILES string of the molecule is c1ccc(C2=NC3=NC2(c2ccccc2)OOC2(c4ccccc4)N=C(N=C2c2ccccc2)c2ccc(cc2)-c2cccc4cccc(c24)-c2ccc3cc2)cc1. The molecule has 13 rings (SSSR count). The van der Waals surface area contributed by atoms with Crippen molar-refractivity contribution in [3.63, 3.8) is 0 Å². The van der Waals surface area contributed by atoms with Crippen molar-refractivity contribution >= 4 is 33.9 Å². The minimum absolute atomic E-state index is 0.522. The van der Waals surface area contributed by atoms with Gasteiger partial charge in [-0.25, -0.2) is 20.0 Å². The van der Waals surface area contributed by atoms with Gasteiger partial charge in [-0.15, -0.1) is 0 Å². The van der Waals surface area contributed by atoms with Crippen LogP contribution in [-0.2, 0) is 21.2 Å². The number of rotatable bonds is 4. The van der Waals surface area contributed by atoms with Gasteiger partial charge in [0.1, 0.15) is 11.4 Å². The summed E-state index contributed by atoms with van der Waals surface area (Å²) in [6, 6.07) is 69.8. The molecule has 0 saturated carbocycles. The Morgan fingerprint density at radius 1 is 0.310 bits per heavy atom. The average Bonchev–Trinajstić information content (AvgIpc) is 3.90. The van der Waals surface area contributed by atoms with Gasteiger partial charge in [0.05, 0.1) is 0 Å². The van der Waals surface area contributed by atoms with Crippen molar-refractivity contribution in [3.05, 3.63) is 240 Å². The molecule has 8 aromatic carbocycles. The second kappa shape index (κ2) is 13.7. The Labute approximate surface area is 335 Å². The van der Waals surface area contributed by atoms with Crippen LogP contribution in [0.3, 0.4) is 0 Å². The number of benzene rings is 8. The second-order valence-corrected chi connectivity index (χ2v) is 14.6. The van der Waals surface area contributed by atoms with Crippen LogP contribution < -0.4 is 0 Å². The topological polar surface area (TPSA) is 67.9 Å².